The highest BCUT2D eigenvalue weighted by Gasteiger charge is 2.30. The molecule has 0 saturated heterocycles. The van der Waals surface area contributed by atoms with Gasteiger partial charge in [-0.05, 0) is 62.8 Å². The van der Waals surface area contributed by atoms with E-state index in [1.807, 2.05) is 18.2 Å². The summed E-state index contributed by atoms with van der Waals surface area (Å²) in [5.41, 5.74) is 2.71. The Balaban J connectivity index is 1.52. The smallest absolute Gasteiger partial charge is 0.227 e. The van der Waals surface area contributed by atoms with Crippen LogP contribution in [0.25, 0.3) is 0 Å². The Morgan fingerprint density at radius 3 is 2.42 bits per heavy atom. The average molecular weight is 383 g/mol. The number of benzene rings is 1. The first-order chi connectivity index (χ1) is 12.2. The van der Waals surface area contributed by atoms with Crippen molar-refractivity contribution in [3.8, 4) is 0 Å². The number of carbonyl (C=O) groups excluding carboxylic acids is 1. The van der Waals surface area contributed by atoms with Gasteiger partial charge in [0, 0.05) is 30.5 Å². The summed E-state index contributed by atoms with van der Waals surface area (Å²) in [6.07, 6.45) is 2.71. The van der Waals surface area contributed by atoms with Crippen molar-refractivity contribution in [3.63, 3.8) is 0 Å². The molecule has 3 rings (SSSR count). The predicted octanol–water partition coefficient (Wildman–Crippen LogP) is 2.95. The molecule has 1 aromatic carbocycles. The SMILES string of the molecule is CC(C)S(=O)(=O)N[C@H]1CC[C@H](C(=O)Nc2ccc3c(c2)CC(F)C3)CC1. The minimum atomic E-state index is -3.28. The Bertz CT molecular complexity index is 771. The molecule has 1 fully saturated rings. The van der Waals surface area contributed by atoms with Crippen LogP contribution in [-0.4, -0.2) is 31.8 Å². The second-order valence-electron chi connectivity index (χ2n) is 7.74. The molecule has 2 aliphatic carbocycles. The number of sulfonamides is 1. The Morgan fingerprint density at radius 2 is 1.77 bits per heavy atom. The maximum atomic E-state index is 13.5. The van der Waals surface area contributed by atoms with Gasteiger partial charge < -0.3 is 5.32 Å². The lowest BCUT2D eigenvalue weighted by molar-refractivity contribution is -0.120. The molecule has 5 nitrogen and oxygen atoms in total. The minimum absolute atomic E-state index is 0.0371. The molecule has 7 heteroatoms. The lowest BCUT2D eigenvalue weighted by Crippen LogP contribution is -2.42. The molecule has 0 bridgehead atoms. The predicted molar refractivity (Wildman–Crippen MR) is 100 cm³/mol. The third-order valence-electron chi connectivity index (χ3n) is 5.41. The van der Waals surface area contributed by atoms with Gasteiger partial charge in [0.2, 0.25) is 15.9 Å². The summed E-state index contributed by atoms with van der Waals surface area (Å²) in [5, 5.41) is 2.49. The first-order valence-electron chi connectivity index (χ1n) is 9.32. The van der Waals surface area contributed by atoms with Gasteiger partial charge in [0.1, 0.15) is 6.17 Å². The van der Waals surface area contributed by atoms with E-state index in [9.17, 15) is 17.6 Å². The second-order valence-corrected chi connectivity index (χ2v) is 10.0. The molecule has 1 amide bonds. The zero-order valence-corrected chi connectivity index (χ0v) is 16.1. The van der Waals surface area contributed by atoms with Crippen molar-refractivity contribution in [1.82, 2.24) is 4.72 Å². The molecule has 1 unspecified atom stereocenters. The topological polar surface area (TPSA) is 75.3 Å². The Labute approximate surface area is 154 Å². The van der Waals surface area contributed by atoms with Gasteiger partial charge in [-0.25, -0.2) is 17.5 Å². The summed E-state index contributed by atoms with van der Waals surface area (Å²) in [5.74, 6) is -0.151. The molecule has 1 atom stereocenters. The van der Waals surface area contributed by atoms with Crippen molar-refractivity contribution < 1.29 is 17.6 Å². The lowest BCUT2D eigenvalue weighted by Gasteiger charge is -2.28. The van der Waals surface area contributed by atoms with Gasteiger partial charge in [0.25, 0.3) is 0 Å². The largest absolute Gasteiger partial charge is 0.326 e. The third-order valence-corrected chi connectivity index (χ3v) is 7.31. The monoisotopic (exact) mass is 382 g/mol. The average Bonchev–Trinajstić information content (AvgIpc) is 2.94. The van der Waals surface area contributed by atoms with Gasteiger partial charge in [-0.15, -0.1) is 0 Å². The van der Waals surface area contributed by atoms with Gasteiger partial charge in [-0.1, -0.05) is 6.07 Å². The molecule has 0 spiro atoms. The number of fused-ring (bicyclic) bond motifs is 1. The summed E-state index contributed by atoms with van der Waals surface area (Å²) < 4.78 is 40.1. The molecule has 0 heterocycles. The van der Waals surface area contributed by atoms with Crippen LogP contribution < -0.4 is 10.0 Å². The fourth-order valence-corrected chi connectivity index (χ4v) is 4.70. The van der Waals surface area contributed by atoms with E-state index in [0.717, 1.165) is 11.1 Å². The van der Waals surface area contributed by atoms with E-state index in [1.54, 1.807) is 13.8 Å². The number of carbonyl (C=O) groups is 1. The molecular weight excluding hydrogens is 355 g/mol. The summed E-state index contributed by atoms with van der Waals surface area (Å²) in [7, 11) is -3.28. The van der Waals surface area contributed by atoms with Crippen molar-refractivity contribution in [1.29, 1.82) is 0 Å². The van der Waals surface area contributed by atoms with Gasteiger partial charge >= 0.3 is 0 Å². The van der Waals surface area contributed by atoms with Crippen LogP contribution >= 0.6 is 0 Å². The number of hydrogen-bond acceptors (Lipinski definition) is 3. The van der Waals surface area contributed by atoms with Crippen LogP contribution in [0.15, 0.2) is 18.2 Å². The number of alkyl halides is 1. The van der Waals surface area contributed by atoms with Gasteiger partial charge in [-0.2, -0.15) is 0 Å². The highest BCUT2D eigenvalue weighted by Crippen LogP contribution is 2.29. The molecule has 1 saturated carbocycles. The normalized spacial score (nSPS) is 25.9. The van der Waals surface area contributed by atoms with Crippen LogP contribution in [0, 0.1) is 5.92 Å². The summed E-state index contributed by atoms with van der Waals surface area (Å²) >= 11 is 0. The zero-order valence-electron chi connectivity index (χ0n) is 15.3. The van der Waals surface area contributed by atoms with Crippen molar-refractivity contribution in [2.24, 2.45) is 5.92 Å². The van der Waals surface area contributed by atoms with E-state index in [2.05, 4.69) is 10.0 Å². The molecule has 0 aromatic heterocycles. The van der Waals surface area contributed by atoms with E-state index < -0.39 is 21.4 Å². The molecule has 2 aliphatic rings. The highest BCUT2D eigenvalue weighted by atomic mass is 32.2. The van der Waals surface area contributed by atoms with Crippen molar-refractivity contribution in [2.45, 2.75) is 69.8 Å². The standard InChI is InChI=1S/C19H27FN2O3S/c1-12(2)26(24,25)22-17-6-3-13(4-7-17)19(23)21-18-8-5-14-9-16(20)10-15(14)11-18/h5,8,11-13,16-17,22H,3-4,6-7,9-10H2,1-2H3,(H,21,23)/t13-,16?,17-. The van der Waals surface area contributed by atoms with Crippen LogP contribution in [0.3, 0.4) is 0 Å². The van der Waals surface area contributed by atoms with E-state index in [-0.39, 0.29) is 17.9 Å². The Hall–Kier alpha value is -1.47. The summed E-state index contributed by atoms with van der Waals surface area (Å²) in [4.78, 5) is 12.5. The number of hydrogen-bond donors (Lipinski definition) is 2. The molecule has 1 aromatic rings. The quantitative estimate of drug-likeness (QED) is 0.822. The van der Waals surface area contributed by atoms with Crippen molar-refractivity contribution in [2.75, 3.05) is 5.32 Å². The number of amides is 1. The van der Waals surface area contributed by atoms with Crippen LogP contribution in [0.1, 0.15) is 50.7 Å². The lowest BCUT2D eigenvalue weighted by atomic mass is 9.86. The highest BCUT2D eigenvalue weighted by molar-refractivity contribution is 7.90. The molecular formula is C19H27FN2O3S. The fraction of sp³-hybridized carbons (Fsp3) is 0.632. The summed E-state index contributed by atoms with van der Waals surface area (Å²) in [6.45, 7) is 3.31. The number of nitrogens with one attached hydrogen (secondary N) is 2. The van der Waals surface area contributed by atoms with E-state index in [4.69, 9.17) is 0 Å². The van der Waals surface area contributed by atoms with E-state index >= 15 is 0 Å². The van der Waals surface area contributed by atoms with Crippen LogP contribution in [0.4, 0.5) is 10.1 Å². The second kappa shape index (κ2) is 7.64. The van der Waals surface area contributed by atoms with Crippen LogP contribution in [-0.2, 0) is 27.7 Å². The third kappa shape index (κ3) is 4.43. The van der Waals surface area contributed by atoms with Crippen molar-refractivity contribution in [3.05, 3.63) is 29.3 Å². The molecule has 2 N–H and O–H groups in total. The molecule has 26 heavy (non-hydrogen) atoms. The van der Waals surface area contributed by atoms with Crippen LogP contribution in [0.5, 0.6) is 0 Å². The van der Waals surface area contributed by atoms with Crippen LogP contribution in [0.2, 0.25) is 0 Å². The minimum Gasteiger partial charge on any atom is -0.326 e. The zero-order chi connectivity index (χ0) is 18.9. The first-order valence-corrected chi connectivity index (χ1v) is 10.9. The van der Waals surface area contributed by atoms with Gasteiger partial charge in [-0.3, -0.25) is 4.79 Å². The molecule has 144 valence electrons. The van der Waals surface area contributed by atoms with Gasteiger partial charge in [0.15, 0.2) is 0 Å². The summed E-state index contributed by atoms with van der Waals surface area (Å²) in [6, 6.07) is 5.50. The maximum absolute atomic E-state index is 13.5. The van der Waals surface area contributed by atoms with E-state index in [0.29, 0.717) is 44.2 Å². The Kier molecular flexibility index (Phi) is 5.67. The Morgan fingerprint density at radius 1 is 1.12 bits per heavy atom. The number of halogens is 1. The molecule has 0 radical (unpaired) electrons. The van der Waals surface area contributed by atoms with Gasteiger partial charge in [0.05, 0.1) is 5.25 Å². The number of rotatable bonds is 5. The van der Waals surface area contributed by atoms with E-state index in [1.165, 1.54) is 0 Å². The number of anilines is 1. The first kappa shape index (κ1) is 19.3. The fourth-order valence-electron chi connectivity index (χ4n) is 3.73. The van der Waals surface area contributed by atoms with Crippen molar-refractivity contribution >= 4 is 21.6 Å². The maximum Gasteiger partial charge on any atom is 0.227 e. The molecule has 0 aliphatic heterocycles.